The number of hydrogen-bond acceptors (Lipinski definition) is 16. The van der Waals surface area contributed by atoms with Crippen molar-refractivity contribution >= 4 is 46.5 Å². The summed E-state index contributed by atoms with van der Waals surface area (Å²) in [6.07, 6.45) is 1.31. The van der Waals surface area contributed by atoms with Gasteiger partial charge in [0.25, 0.3) is 0 Å². The van der Waals surface area contributed by atoms with Gasteiger partial charge in [0.15, 0.2) is 12.2 Å². The molecule has 5 heterocycles. The zero-order valence-corrected chi connectivity index (χ0v) is 44.8. The van der Waals surface area contributed by atoms with Crippen LogP contribution in [-0.4, -0.2) is 165 Å². The van der Waals surface area contributed by atoms with Crippen LogP contribution in [0, 0.1) is 26.2 Å². The van der Waals surface area contributed by atoms with Gasteiger partial charge in [-0.15, -0.1) is 0 Å². The van der Waals surface area contributed by atoms with Gasteiger partial charge in [0.2, 0.25) is 17.7 Å². The predicted octanol–water partition coefficient (Wildman–Crippen LogP) is 5.19. The number of aliphatic imine (C=N–C) groups is 1. The molecule has 21 heteroatoms. The number of aryl methyl sites for hydroxylation is 2. The van der Waals surface area contributed by atoms with Crippen LogP contribution in [0.15, 0.2) is 74.5 Å². The molecule has 406 valence electrons. The quantitative estimate of drug-likeness (QED) is 0.0364. The maximum atomic E-state index is 13.9. The Labute approximate surface area is 443 Å². The molecule has 1 fully saturated rings. The van der Waals surface area contributed by atoms with Crippen molar-refractivity contribution in [3.63, 3.8) is 0 Å². The number of likely N-dealkylation sites (tertiary alicyclic amines) is 1. The van der Waals surface area contributed by atoms with Crippen LogP contribution in [0.1, 0.15) is 85.8 Å². The number of aliphatic hydroxyl groups excluding tert-OH is 1. The van der Waals surface area contributed by atoms with E-state index in [1.807, 2.05) is 83.1 Å². The number of ether oxygens (including phenoxy) is 5. The molecule has 0 saturated carbocycles. The first-order valence-corrected chi connectivity index (χ1v) is 25.9. The summed E-state index contributed by atoms with van der Waals surface area (Å²) in [5, 5.41) is 25.9. The number of carbonyl (C=O) groups is 3. The van der Waals surface area contributed by atoms with Crippen LogP contribution in [0.5, 0.6) is 0 Å². The number of aromatic amines is 1. The van der Waals surface area contributed by atoms with Crippen molar-refractivity contribution in [2.24, 2.45) is 20.6 Å². The summed E-state index contributed by atoms with van der Waals surface area (Å²) < 4.78 is 33.6. The predicted molar refractivity (Wildman–Crippen MR) is 283 cm³/mol. The van der Waals surface area contributed by atoms with Gasteiger partial charge in [0.05, 0.1) is 87.7 Å². The van der Waals surface area contributed by atoms with E-state index in [1.54, 1.807) is 0 Å². The second-order valence-electron chi connectivity index (χ2n) is 19.9. The van der Waals surface area contributed by atoms with Gasteiger partial charge in [-0.25, -0.2) is 4.98 Å². The molecule has 4 aromatic rings. The lowest BCUT2D eigenvalue weighted by molar-refractivity contribution is -0.144. The van der Waals surface area contributed by atoms with E-state index in [9.17, 15) is 19.5 Å². The van der Waals surface area contributed by atoms with Gasteiger partial charge in [-0.3, -0.25) is 24.2 Å². The topological polar surface area (TPSA) is 245 Å². The molecule has 75 heavy (non-hydrogen) atoms. The number of aliphatic hydroxyl groups is 1. The maximum absolute atomic E-state index is 13.9. The van der Waals surface area contributed by atoms with Crippen molar-refractivity contribution in [2.45, 2.75) is 98.0 Å². The smallest absolute Gasteiger partial charge is 0.246 e. The number of oxazole rings is 1. The number of fused-ring (bicyclic) bond motifs is 3. The molecule has 3 unspecified atom stereocenters. The van der Waals surface area contributed by atoms with Crippen molar-refractivity contribution < 1.29 is 52.4 Å². The molecule has 0 radical (unpaired) electrons. The van der Waals surface area contributed by atoms with Crippen molar-refractivity contribution in [3.05, 3.63) is 99.3 Å². The minimum absolute atomic E-state index is 0.0270. The molecular weight excluding hydrogens is 986 g/mol. The number of hydrogen-bond donors (Lipinski definition) is 5. The van der Waals surface area contributed by atoms with Gasteiger partial charge >= 0.3 is 0 Å². The lowest BCUT2D eigenvalue weighted by Crippen LogP contribution is -2.58. The van der Waals surface area contributed by atoms with Gasteiger partial charge in [0, 0.05) is 72.4 Å². The first-order valence-electron chi connectivity index (χ1n) is 25.5. The van der Waals surface area contributed by atoms with E-state index in [0.717, 1.165) is 62.0 Å². The second kappa shape index (κ2) is 27.4. The number of hydroxylamine groups is 1. The number of aromatic nitrogens is 2. The average molecular weight is 1060 g/mol. The Hall–Kier alpha value is -5.68. The molecule has 2 aromatic carbocycles. The maximum Gasteiger partial charge on any atom is 0.246 e. The minimum Gasteiger partial charge on any atom is -0.443 e. The van der Waals surface area contributed by atoms with Crippen LogP contribution in [0.2, 0.25) is 5.02 Å². The number of amides is 3. The van der Waals surface area contributed by atoms with E-state index in [4.69, 9.17) is 49.5 Å². The van der Waals surface area contributed by atoms with Crippen molar-refractivity contribution in [3.8, 4) is 11.3 Å². The number of halogens is 1. The summed E-state index contributed by atoms with van der Waals surface area (Å²) >= 11 is 6.24. The van der Waals surface area contributed by atoms with Crippen LogP contribution >= 0.6 is 11.6 Å². The highest BCUT2D eigenvalue weighted by molar-refractivity contribution is 6.31. The Morgan fingerprint density at radius 3 is 2.15 bits per heavy atom. The highest BCUT2D eigenvalue weighted by atomic mass is 35.5. The Bertz CT molecular complexity index is 2630. The Kier molecular flexibility index (Phi) is 20.8. The molecule has 1 saturated heterocycles. The van der Waals surface area contributed by atoms with Crippen molar-refractivity contribution in [1.29, 1.82) is 0 Å². The highest BCUT2D eigenvalue weighted by Crippen LogP contribution is 2.36. The Balaban J connectivity index is 0.694. The highest BCUT2D eigenvalue weighted by Gasteiger charge is 2.45. The monoisotopic (exact) mass is 1060 g/mol. The van der Waals surface area contributed by atoms with Gasteiger partial charge in [-0.1, -0.05) is 68.8 Å². The van der Waals surface area contributed by atoms with Crippen molar-refractivity contribution in [1.82, 2.24) is 31.0 Å². The number of carbonyl (C=O) groups excluding carboxylic acids is 3. The fourth-order valence-corrected chi connectivity index (χ4v) is 9.22. The van der Waals surface area contributed by atoms with Gasteiger partial charge in [0.1, 0.15) is 24.7 Å². The number of nitrogens with one attached hydrogen (secondary N) is 4. The van der Waals surface area contributed by atoms with Gasteiger partial charge in [-0.05, 0) is 62.8 Å². The van der Waals surface area contributed by atoms with Crippen molar-refractivity contribution in [2.75, 3.05) is 85.8 Å². The van der Waals surface area contributed by atoms with Crippen LogP contribution in [0.4, 0.5) is 0 Å². The summed E-state index contributed by atoms with van der Waals surface area (Å²) in [6, 6.07) is 13.1. The van der Waals surface area contributed by atoms with Gasteiger partial charge < -0.3 is 53.7 Å². The fourth-order valence-electron chi connectivity index (χ4n) is 9.10. The zero-order chi connectivity index (χ0) is 53.5. The standard InChI is InChI=1S/C54H72ClN9O11/c1-33-34(2)59-49-45(33)47(38-13-15-40(55)16-14-38)60-42(48-46(49)35(3)62-63-48)29-58-75-26-25-72-22-20-70-18-8-17-69-19-21-71-23-24-73-31-44(66)61-51(54(5,6)7)53(68)64-30-41(65)27-43(64)52(67)56-28-37-9-11-39(12-10-37)50-36(4)57-32-74-50/h9-16,32,41-43,46,51,58-59,65H,8,17-31H2,1-7H3,(H,56,67)(H,61,66)/t41-,42?,43+,46?,51?/m1/s1. The molecule has 3 aliphatic rings. The third-order valence-corrected chi connectivity index (χ3v) is 13.4. The van der Waals surface area contributed by atoms with Crippen LogP contribution < -0.4 is 16.1 Å². The normalized spacial score (nSPS) is 18.7. The number of nitrogens with zero attached hydrogens (tertiary/aromatic N) is 5. The summed E-state index contributed by atoms with van der Waals surface area (Å²) in [5.74, 6) is -0.753. The first-order chi connectivity index (χ1) is 36.1. The minimum atomic E-state index is -0.973. The number of rotatable bonds is 28. The van der Waals surface area contributed by atoms with E-state index in [-0.39, 0.29) is 51.3 Å². The SMILES string of the molecule is CC1=NN=C2C(CNOCCOCCOCCCOCCOCCOCC(=O)NC(C(=O)N3C[C@H](O)C[C@H]3C(=O)NCc3ccc(-c4ocnc4C)cc3)C(C)(C)C)N=C(c3ccc(Cl)cc3)c3c([nH]c(C)c3C)C12. The summed E-state index contributed by atoms with van der Waals surface area (Å²) in [6.45, 7) is 17.6. The summed E-state index contributed by atoms with van der Waals surface area (Å²) in [7, 11) is 0. The molecule has 5 N–H and O–H groups in total. The molecule has 2 aromatic heterocycles. The van der Waals surface area contributed by atoms with E-state index in [2.05, 4.69) is 50.1 Å². The number of H-pyrrole nitrogens is 1. The molecular formula is C54H72ClN9O11. The molecule has 3 aliphatic heterocycles. The van der Waals surface area contributed by atoms with Gasteiger partial charge in [-0.2, -0.15) is 15.7 Å². The summed E-state index contributed by atoms with van der Waals surface area (Å²) in [4.78, 5) is 60.4. The van der Waals surface area contributed by atoms with E-state index >= 15 is 0 Å². The van der Waals surface area contributed by atoms with Crippen LogP contribution in [0.3, 0.4) is 0 Å². The molecule has 3 amide bonds. The molecule has 0 bridgehead atoms. The molecule has 20 nitrogen and oxygen atoms in total. The molecule has 0 spiro atoms. The number of benzene rings is 2. The Morgan fingerprint density at radius 1 is 0.853 bits per heavy atom. The average Bonchev–Trinajstić information content (AvgIpc) is 4.17. The third kappa shape index (κ3) is 15.5. The van der Waals surface area contributed by atoms with E-state index < -0.39 is 41.3 Å². The van der Waals surface area contributed by atoms with Crippen LogP contribution in [-0.2, 0) is 49.5 Å². The lowest BCUT2D eigenvalue weighted by Gasteiger charge is -2.35. The largest absolute Gasteiger partial charge is 0.443 e. The molecule has 5 atom stereocenters. The third-order valence-electron chi connectivity index (χ3n) is 13.2. The lowest BCUT2D eigenvalue weighted by atomic mass is 9.85. The van der Waals surface area contributed by atoms with Crippen LogP contribution in [0.25, 0.3) is 11.3 Å². The second-order valence-corrected chi connectivity index (χ2v) is 20.3. The first kappa shape index (κ1) is 57.0. The zero-order valence-electron chi connectivity index (χ0n) is 44.0. The fraction of sp³-hybridized carbons (Fsp3) is 0.537. The Morgan fingerprint density at radius 2 is 1.49 bits per heavy atom. The van der Waals surface area contributed by atoms with E-state index in [0.29, 0.717) is 76.6 Å². The number of β-amino-alcohol motifs (C(OH)–C–C–N with tert-alkyl or cyclic N) is 1. The molecule has 7 rings (SSSR count). The molecule has 0 aliphatic carbocycles. The van der Waals surface area contributed by atoms with E-state index in [1.165, 1.54) is 11.3 Å². The summed E-state index contributed by atoms with van der Waals surface area (Å²) in [5.41, 5.74) is 12.8.